The Kier molecular flexibility index (Phi) is 6.96. The van der Waals surface area contributed by atoms with Crippen LogP contribution in [-0.2, 0) is 4.79 Å². The van der Waals surface area contributed by atoms with Crippen molar-refractivity contribution in [2.75, 3.05) is 20.6 Å². The summed E-state index contributed by atoms with van der Waals surface area (Å²) < 4.78 is 5.82. The number of benzene rings is 1. The van der Waals surface area contributed by atoms with E-state index >= 15 is 0 Å². The number of rotatable bonds is 6. The average molecular weight is 425 g/mol. The van der Waals surface area contributed by atoms with Crippen LogP contribution in [0.2, 0.25) is 10.0 Å². The van der Waals surface area contributed by atoms with E-state index in [1.807, 2.05) is 30.8 Å². The molecule has 28 heavy (non-hydrogen) atoms. The molecule has 1 aromatic carbocycles. The van der Waals surface area contributed by atoms with Gasteiger partial charge in [-0.25, -0.2) is 0 Å². The second kappa shape index (κ2) is 9.25. The van der Waals surface area contributed by atoms with Gasteiger partial charge in [-0.2, -0.15) is 0 Å². The SMILES string of the molecule is C[C@H](c1nnc(-c2ccc(Cl)cc2Cl)o1)N(C)CC(=O)N(C)C1CCCCC1. The Labute approximate surface area is 175 Å². The Morgan fingerprint density at radius 3 is 2.61 bits per heavy atom. The second-order valence-electron chi connectivity index (χ2n) is 7.46. The maximum Gasteiger partial charge on any atom is 0.249 e. The minimum atomic E-state index is -0.198. The first kappa shape index (κ1) is 21.1. The molecule has 1 aliphatic carbocycles. The lowest BCUT2D eigenvalue weighted by Gasteiger charge is -2.33. The monoisotopic (exact) mass is 424 g/mol. The maximum atomic E-state index is 12.7. The Morgan fingerprint density at radius 2 is 1.93 bits per heavy atom. The highest BCUT2D eigenvalue weighted by atomic mass is 35.5. The van der Waals surface area contributed by atoms with Crippen LogP contribution in [0.1, 0.15) is 51.0 Å². The standard InChI is InChI=1S/C20H26Cl2N4O2/c1-13(25(2)12-18(27)26(3)15-7-5-4-6-8-15)19-23-24-20(28-19)16-10-9-14(21)11-17(16)22/h9-11,13,15H,4-8,12H2,1-3H3/t13-/m1/s1. The smallest absolute Gasteiger partial charge is 0.249 e. The zero-order chi connectivity index (χ0) is 20.3. The molecule has 3 rings (SSSR count). The summed E-state index contributed by atoms with van der Waals surface area (Å²) in [6.07, 6.45) is 5.86. The van der Waals surface area contributed by atoms with Gasteiger partial charge in [0.25, 0.3) is 0 Å². The van der Waals surface area contributed by atoms with Crippen LogP contribution in [-0.4, -0.2) is 52.6 Å². The zero-order valence-electron chi connectivity index (χ0n) is 16.5. The predicted octanol–water partition coefficient (Wildman–Crippen LogP) is 4.83. The van der Waals surface area contributed by atoms with Crippen molar-refractivity contribution in [1.82, 2.24) is 20.0 Å². The number of amides is 1. The van der Waals surface area contributed by atoms with Crippen LogP contribution in [0.15, 0.2) is 22.6 Å². The van der Waals surface area contributed by atoms with E-state index < -0.39 is 0 Å². The third kappa shape index (κ3) is 4.85. The molecule has 6 nitrogen and oxygen atoms in total. The summed E-state index contributed by atoms with van der Waals surface area (Å²) in [7, 11) is 3.79. The van der Waals surface area contributed by atoms with Crippen LogP contribution in [0.5, 0.6) is 0 Å². The highest BCUT2D eigenvalue weighted by Crippen LogP contribution is 2.31. The van der Waals surface area contributed by atoms with Gasteiger partial charge in [-0.05, 0) is 45.0 Å². The summed E-state index contributed by atoms with van der Waals surface area (Å²) in [5, 5.41) is 9.24. The van der Waals surface area contributed by atoms with E-state index in [1.165, 1.54) is 19.3 Å². The first-order valence-electron chi connectivity index (χ1n) is 9.61. The van der Waals surface area contributed by atoms with Crippen molar-refractivity contribution in [3.05, 3.63) is 34.1 Å². The van der Waals surface area contributed by atoms with E-state index in [0.29, 0.717) is 40.0 Å². The van der Waals surface area contributed by atoms with Gasteiger partial charge >= 0.3 is 0 Å². The first-order valence-corrected chi connectivity index (χ1v) is 10.4. The molecule has 152 valence electrons. The van der Waals surface area contributed by atoms with Crippen LogP contribution in [0.3, 0.4) is 0 Å². The lowest BCUT2D eigenvalue weighted by molar-refractivity contribution is -0.134. The number of carbonyl (C=O) groups is 1. The van der Waals surface area contributed by atoms with Crippen molar-refractivity contribution in [2.24, 2.45) is 0 Å². The third-order valence-electron chi connectivity index (χ3n) is 5.52. The molecule has 0 unspecified atom stereocenters. The molecule has 0 spiro atoms. The van der Waals surface area contributed by atoms with Gasteiger partial charge in [0.2, 0.25) is 17.7 Å². The fraction of sp³-hybridized carbons (Fsp3) is 0.550. The number of likely N-dealkylation sites (N-methyl/N-ethyl adjacent to an activating group) is 2. The molecule has 0 aliphatic heterocycles. The molecular formula is C20H26Cl2N4O2. The van der Waals surface area contributed by atoms with E-state index in [1.54, 1.807) is 18.2 Å². The topological polar surface area (TPSA) is 62.5 Å². The van der Waals surface area contributed by atoms with Crippen molar-refractivity contribution in [3.63, 3.8) is 0 Å². The number of nitrogens with zero attached hydrogens (tertiary/aromatic N) is 4. The molecule has 1 aromatic heterocycles. The number of carbonyl (C=O) groups excluding carboxylic acids is 1. The van der Waals surface area contributed by atoms with Crippen LogP contribution in [0, 0.1) is 0 Å². The highest BCUT2D eigenvalue weighted by Gasteiger charge is 2.26. The molecule has 0 radical (unpaired) electrons. The third-order valence-corrected chi connectivity index (χ3v) is 6.07. The van der Waals surface area contributed by atoms with E-state index in [-0.39, 0.29) is 11.9 Å². The Bertz CT molecular complexity index is 820. The molecule has 0 bridgehead atoms. The molecule has 0 saturated heterocycles. The number of aromatic nitrogens is 2. The minimum absolute atomic E-state index is 0.113. The van der Waals surface area contributed by atoms with Crippen molar-refractivity contribution >= 4 is 29.1 Å². The summed E-state index contributed by atoms with van der Waals surface area (Å²) in [5.41, 5.74) is 0.632. The van der Waals surface area contributed by atoms with E-state index in [4.69, 9.17) is 27.6 Å². The maximum absolute atomic E-state index is 12.7. The Balaban J connectivity index is 1.64. The van der Waals surface area contributed by atoms with Crippen LogP contribution in [0.25, 0.3) is 11.5 Å². The van der Waals surface area contributed by atoms with Gasteiger partial charge in [-0.15, -0.1) is 10.2 Å². The molecule has 1 fully saturated rings. The van der Waals surface area contributed by atoms with Gasteiger partial charge in [-0.1, -0.05) is 42.5 Å². The summed E-state index contributed by atoms with van der Waals surface area (Å²) >= 11 is 12.2. The lowest BCUT2D eigenvalue weighted by Crippen LogP contribution is -2.43. The van der Waals surface area contributed by atoms with Crippen LogP contribution >= 0.6 is 23.2 Å². The average Bonchev–Trinajstić information content (AvgIpc) is 3.17. The molecular weight excluding hydrogens is 399 g/mol. The molecule has 1 atom stereocenters. The van der Waals surface area contributed by atoms with E-state index in [0.717, 1.165) is 12.8 Å². The molecule has 0 N–H and O–H groups in total. The van der Waals surface area contributed by atoms with Crippen molar-refractivity contribution in [3.8, 4) is 11.5 Å². The van der Waals surface area contributed by atoms with Crippen molar-refractivity contribution in [1.29, 1.82) is 0 Å². The first-order chi connectivity index (χ1) is 13.4. The van der Waals surface area contributed by atoms with Crippen LogP contribution in [0.4, 0.5) is 0 Å². The summed E-state index contributed by atoms with van der Waals surface area (Å²) in [5.74, 6) is 0.890. The van der Waals surface area contributed by atoms with Crippen molar-refractivity contribution in [2.45, 2.75) is 51.1 Å². The fourth-order valence-electron chi connectivity index (χ4n) is 3.50. The van der Waals surface area contributed by atoms with Crippen molar-refractivity contribution < 1.29 is 9.21 Å². The number of hydrogen-bond acceptors (Lipinski definition) is 5. The molecule has 2 aromatic rings. The van der Waals surface area contributed by atoms with Gasteiger partial charge in [0.05, 0.1) is 23.2 Å². The molecule has 1 aliphatic rings. The van der Waals surface area contributed by atoms with Gasteiger partial charge < -0.3 is 9.32 Å². The van der Waals surface area contributed by atoms with Gasteiger partial charge in [0.1, 0.15) is 0 Å². The quantitative estimate of drug-likeness (QED) is 0.664. The van der Waals surface area contributed by atoms with Gasteiger partial charge in [0, 0.05) is 18.1 Å². The Hall–Kier alpha value is -1.63. The zero-order valence-corrected chi connectivity index (χ0v) is 18.0. The summed E-state index contributed by atoms with van der Waals surface area (Å²) in [4.78, 5) is 16.5. The fourth-order valence-corrected chi connectivity index (χ4v) is 3.99. The Morgan fingerprint density at radius 1 is 1.21 bits per heavy atom. The van der Waals surface area contributed by atoms with E-state index in [2.05, 4.69) is 10.2 Å². The largest absolute Gasteiger partial charge is 0.419 e. The minimum Gasteiger partial charge on any atom is -0.419 e. The van der Waals surface area contributed by atoms with Gasteiger partial charge in [-0.3, -0.25) is 9.69 Å². The number of hydrogen-bond donors (Lipinski definition) is 0. The molecule has 1 amide bonds. The molecule has 1 saturated carbocycles. The summed E-state index contributed by atoms with van der Waals surface area (Å²) in [6, 6.07) is 5.27. The predicted molar refractivity (Wildman–Crippen MR) is 110 cm³/mol. The second-order valence-corrected chi connectivity index (χ2v) is 8.30. The van der Waals surface area contributed by atoms with Crippen LogP contribution < -0.4 is 0 Å². The highest BCUT2D eigenvalue weighted by molar-refractivity contribution is 6.36. The van der Waals surface area contributed by atoms with E-state index in [9.17, 15) is 4.79 Å². The number of halogens is 2. The summed E-state index contributed by atoms with van der Waals surface area (Å²) in [6.45, 7) is 2.24. The molecule has 8 heteroatoms. The molecule has 1 heterocycles. The normalized spacial score (nSPS) is 16.4. The van der Waals surface area contributed by atoms with Gasteiger partial charge in [0.15, 0.2) is 0 Å². The lowest BCUT2D eigenvalue weighted by atomic mass is 9.94.